The summed E-state index contributed by atoms with van der Waals surface area (Å²) in [6.07, 6.45) is 0.708. The van der Waals surface area contributed by atoms with Crippen LogP contribution < -0.4 is 11.1 Å². The van der Waals surface area contributed by atoms with Crippen molar-refractivity contribution in [2.75, 3.05) is 17.7 Å². The lowest BCUT2D eigenvalue weighted by Crippen LogP contribution is -2.28. The second kappa shape index (κ2) is 6.09. The van der Waals surface area contributed by atoms with Gasteiger partial charge >= 0.3 is 0 Å². The Morgan fingerprint density at radius 3 is 2.39 bits per heavy atom. The van der Waals surface area contributed by atoms with Gasteiger partial charge in [0.15, 0.2) is 0 Å². The Balaban J connectivity index is 3.00. The smallest absolute Gasteiger partial charge is 0.148 e. The van der Waals surface area contributed by atoms with Gasteiger partial charge < -0.3 is 16.2 Å². The summed E-state index contributed by atoms with van der Waals surface area (Å²) in [7, 11) is 0. The number of anilines is 2. The third-order valence-corrected chi connectivity index (χ3v) is 3.19. The van der Waals surface area contributed by atoms with Gasteiger partial charge in [-0.05, 0) is 33.1 Å². The summed E-state index contributed by atoms with van der Waals surface area (Å²) >= 11 is 0. The molecular formula is C13H26N4O. The fraction of sp³-hybridized carbons (Fsp3) is 0.769. The van der Waals surface area contributed by atoms with Crippen molar-refractivity contribution in [3.05, 3.63) is 5.69 Å². The number of rotatable bonds is 6. The first-order chi connectivity index (χ1) is 8.38. The minimum atomic E-state index is 0.171. The van der Waals surface area contributed by atoms with Crippen LogP contribution in [0.25, 0.3) is 0 Å². The van der Waals surface area contributed by atoms with Gasteiger partial charge in [0.1, 0.15) is 5.82 Å². The average Bonchev–Trinajstić information content (AvgIpc) is 2.56. The second-order valence-corrected chi connectivity index (χ2v) is 5.39. The molecule has 18 heavy (non-hydrogen) atoms. The summed E-state index contributed by atoms with van der Waals surface area (Å²) in [5.74, 6) is 1.29. The van der Waals surface area contributed by atoms with Crippen LogP contribution in [0.2, 0.25) is 0 Å². The number of hydrogen-bond donors (Lipinski definition) is 3. The normalized spacial score (nSPS) is 13.3. The highest BCUT2D eigenvalue weighted by Crippen LogP contribution is 2.27. The Hall–Kier alpha value is -1.23. The molecule has 0 amide bonds. The topological polar surface area (TPSA) is 76.1 Å². The van der Waals surface area contributed by atoms with Gasteiger partial charge in [-0.1, -0.05) is 13.8 Å². The first kappa shape index (κ1) is 14.8. The lowest BCUT2D eigenvalue weighted by molar-refractivity contribution is 0.267. The molecular weight excluding hydrogens is 228 g/mol. The zero-order valence-corrected chi connectivity index (χ0v) is 12.1. The Bertz CT molecular complexity index is 385. The molecule has 0 radical (unpaired) electrons. The molecule has 0 aliphatic rings. The third-order valence-electron chi connectivity index (χ3n) is 3.19. The van der Waals surface area contributed by atoms with Crippen LogP contribution in [0.3, 0.4) is 0 Å². The Morgan fingerprint density at radius 1 is 1.33 bits per heavy atom. The Labute approximate surface area is 109 Å². The SMILES string of the molecule is Cc1nn(C(C)C)c(NC(CCO)C(C)C)c1N. The van der Waals surface area contributed by atoms with Gasteiger partial charge in [0, 0.05) is 18.7 Å². The van der Waals surface area contributed by atoms with Gasteiger partial charge in [-0.3, -0.25) is 0 Å². The molecule has 0 bridgehead atoms. The predicted octanol–water partition coefficient (Wildman–Crippen LogP) is 2.17. The molecule has 0 aliphatic carbocycles. The van der Waals surface area contributed by atoms with E-state index in [-0.39, 0.29) is 18.7 Å². The first-order valence-electron chi connectivity index (χ1n) is 6.60. The van der Waals surface area contributed by atoms with Crippen LogP contribution in [0.4, 0.5) is 11.5 Å². The van der Waals surface area contributed by atoms with E-state index in [1.165, 1.54) is 0 Å². The molecule has 1 aromatic rings. The number of nitrogens with zero attached hydrogens (tertiary/aromatic N) is 2. The molecule has 0 aromatic carbocycles. The molecule has 5 heteroatoms. The van der Waals surface area contributed by atoms with E-state index in [0.717, 1.165) is 11.5 Å². The average molecular weight is 254 g/mol. The van der Waals surface area contributed by atoms with Crippen LogP contribution >= 0.6 is 0 Å². The molecule has 1 atom stereocenters. The van der Waals surface area contributed by atoms with E-state index in [9.17, 15) is 0 Å². The second-order valence-electron chi connectivity index (χ2n) is 5.39. The van der Waals surface area contributed by atoms with Gasteiger partial charge in [0.25, 0.3) is 0 Å². The zero-order chi connectivity index (χ0) is 13.9. The van der Waals surface area contributed by atoms with E-state index in [1.807, 2.05) is 11.6 Å². The third kappa shape index (κ3) is 3.16. The summed E-state index contributed by atoms with van der Waals surface area (Å²) in [5.41, 5.74) is 7.62. The van der Waals surface area contributed by atoms with Crippen molar-refractivity contribution < 1.29 is 5.11 Å². The van der Waals surface area contributed by atoms with Crippen molar-refractivity contribution >= 4 is 11.5 Å². The first-order valence-corrected chi connectivity index (χ1v) is 6.60. The molecule has 104 valence electrons. The highest BCUT2D eigenvalue weighted by molar-refractivity contribution is 5.65. The van der Waals surface area contributed by atoms with Gasteiger partial charge in [-0.25, -0.2) is 4.68 Å². The van der Waals surface area contributed by atoms with Crippen molar-refractivity contribution in [2.24, 2.45) is 5.92 Å². The van der Waals surface area contributed by atoms with Crippen LogP contribution in [0.15, 0.2) is 0 Å². The monoisotopic (exact) mass is 254 g/mol. The fourth-order valence-electron chi connectivity index (χ4n) is 1.96. The van der Waals surface area contributed by atoms with Crippen molar-refractivity contribution in [1.82, 2.24) is 9.78 Å². The summed E-state index contributed by atoms with van der Waals surface area (Å²) in [4.78, 5) is 0. The highest BCUT2D eigenvalue weighted by atomic mass is 16.3. The van der Waals surface area contributed by atoms with Gasteiger partial charge in [0.2, 0.25) is 0 Å². The number of nitrogens with two attached hydrogens (primary N) is 1. The van der Waals surface area contributed by atoms with Crippen LogP contribution in [0.5, 0.6) is 0 Å². The Kier molecular flexibility index (Phi) is 5.02. The van der Waals surface area contributed by atoms with Crippen LogP contribution in [0.1, 0.15) is 45.9 Å². The maximum Gasteiger partial charge on any atom is 0.148 e. The van der Waals surface area contributed by atoms with E-state index in [0.29, 0.717) is 18.0 Å². The van der Waals surface area contributed by atoms with Crippen molar-refractivity contribution in [2.45, 2.75) is 53.1 Å². The quantitative estimate of drug-likeness (QED) is 0.727. The molecule has 0 saturated heterocycles. The molecule has 5 nitrogen and oxygen atoms in total. The fourth-order valence-corrected chi connectivity index (χ4v) is 1.96. The summed E-state index contributed by atoms with van der Waals surface area (Å²) in [6.45, 7) is 10.5. The van der Waals surface area contributed by atoms with E-state index in [1.54, 1.807) is 0 Å². The van der Waals surface area contributed by atoms with Gasteiger partial charge in [-0.15, -0.1) is 0 Å². The largest absolute Gasteiger partial charge is 0.396 e. The molecule has 1 heterocycles. The maximum atomic E-state index is 9.12. The van der Waals surface area contributed by atoms with Crippen LogP contribution in [-0.4, -0.2) is 27.5 Å². The van der Waals surface area contributed by atoms with Gasteiger partial charge in [0.05, 0.1) is 11.4 Å². The molecule has 1 aromatic heterocycles. The molecule has 1 unspecified atom stereocenters. The zero-order valence-electron chi connectivity index (χ0n) is 12.1. The summed E-state index contributed by atoms with van der Waals surface area (Å²) in [5, 5.41) is 17.0. The van der Waals surface area contributed by atoms with E-state index >= 15 is 0 Å². The number of aliphatic hydroxyl groups excluding tert-OH is 1. The number of aromatic nitrogens is 2. The number of nitrogen functional groups attached to an aromatic ring is 1. The van der Waals surface area contributed by atoms with Crippen LogP contribution in [-0.2, 0) is 0 Å². The molecule has 1 rings (SSSR count). The van der Waals surface area contributed by atoms with Crippen molar-refractivity contribution in [3.63, 3.8) is 0 Å². The molecule has 0 aliphatic heterocycles. The minimum absolute atomic E-state index is 0.171. The number of nitrogens with one attached hydrogen (secondary N) is 1. The summed E-state index contributed by atoms with van der Waals surface area (Å²) < 4.78 is 1.91. The summed E-state index contributed by atoms with van der Waals surface area (Å²) in [6, 6.07) is 0.455. The van der Waals surface area contributed by atoms with Gasteiger partial charge in [-0.2, -0.15) is 5.10 Å². The molecule has 0 fully saturated rings. The molecule has 0 spiro atoms. The number of aryl methyl sites for hydroxylation is 1. The molecule has 4 N–H and O–H groups in total. The van der Waals surface area contributed by atoms with Crippen molar-refractivity contribution in [3.8, 4) is 0 Å². The highest BCUT2D eigenvalue weighted by Gasteiger charge is 2.19. The van der Waals surface area contributed by atoms with E-state index < -0.39 is 0 Å². The lowest BCUT2D eigenvalue weighted by Gasteiger charge is -2.24. The lowest BCUT2D eigenvalue weighted by atomic mass is 10.0. The van der Waals surface area contributed by atoms with Crippen LogP contribution in [0, 0.1) is 12.8 Å². The van der Waals surface area contributed by atoms with E-state index in [2.05, 4.69) is 38.1 Å². The standard InChI is InChI=1S/C13H26N4O/c1-8(2)11(6-7-18)15-13-12(14)10(5)16-17(13)9(3)4/h8-9,11,15,18H,6-7,14H2,1-5H3. The number of aliphatic hydroxyl groups is 1. The molecule has 0 saturated carbocycles. The van der Waals surface area contributed by atoms with E-state index in [4.69, 9.17) is 10.8 Å². The minimum Gasteiger partial charge on any atom is -0.396 e. The number of hydrogen-bond acceptors (Lipinski definition) is 4. The maximum absolute atomic E-state index is 9.12. The Morgan fingerprint density at radius 2 is 1.94 bits per heavy atom. The predicted molar refractivity (Wildman–Crippen MR) is 75.7 cm³/mol. The van der Waals surface area contributed by atoms with Crippen molar-refractivity contribution in [1.29, 1.82) is 0 Å².